The third-order valence-corrected chi connectivity index (χ3v) is 5.44. The maximum atomic E-state index is 12.0. The summed E-state index contributed by atoms with van der Waals surface area (Å²) in [5.74, 6) is 0.00433. The number of nitro groups is 1. The Morgan fingerprint density at radius 1 is 1.35 bits per heavy atom. The maximum absolute atomic E-state index is 12.0. The topological polar surface area (TPSA) is 102 Å². The molecule has 0 saturated carbocycles. The number of pyridine rings is 1. The standard InChI is InChI=1S/C9H5Cl2N3O4S2/c10-6-2-1-3-7(12-6)13-20(17,18)8-4-5(14(15)16)9(11)19-8/h1-4H,(H,12,13). The summed E-state index contributed by atoms with van der Waals surface area (Å²) in [5, 5.41) is 10.8. The van der Waals surface area contributed by atoms with Crippen molar-refractivity contribution in [2.75, 3.05) is 4.72 Å². The fourth-order valence-corrected chi connectivity index (χ4v) is 4.08. The van der Waals surface area contributed by atoms with Crippen molar-refractivity contribution in [3.63, 3.8) is 0 Å². The van der Waals surface area contributed by atoms with Crippen molar-refractivity contribution in [1.82, 2.24) is 4.98 Å². The zero-order valence-electron chi connectivity index (χ0n) is 9.41. The first-order chi connectivity index (χ1) is 9.29. The van der Waals surface area contributed by atoms with E-state index in [0.29, 0.717) is 11.3 Å². The zero-order chi connectivity index (χ0) is 14.9. The fraction of sp³-hybridized carbons (Fsp3) is 0. The molecule has 2 aromatic heterocycles. The van der Waals surface area contributed by atoms with Gasteiger partial charge in [-0.2, -0.15) is 0 Å². The van der Waals surface area contributed by atoms with E-state index in [1.807, 2.05) is 0 Å². The second-order valence-electron chi connectivity index (χ2n) is 3.43. The normalized spacial score (nSPS) is 11.3. The van der Waals surface area contributed by atoms with Gasteiger partial charge in [-0.1, -0.05) is 29.3 Å². The quantitative estimate of drug-likeness (QED) is 0.516. The molecular weight excluding hydrogens is 349 g/mol. The van der Waals surface area contributed by atoms with Gasteiger partial charge in [0.1, 0.15) is 15.2 Å². The second-order valence-corrected chi connectivity index (χ2v) is 7.38. The van der Waals surface area contributed by atoms with Gasteiger partial charge in [0.25, 0.3) is 15.7 Å². The van der Waals surface area contributed by atoms with E-state index in [1.165, 1.54) is 18.2 Å². The van der Waals surface area contributed by atoms with Gasteiger partial charge in [0.05, 0.1) is 4.92 Å². The molecule has 1 N–H and O–H groups in total. The summed E-state index contributed by atoms with van der Waals surface area (Å²) in [4.78, 5) is 13.7. The molecule has 0 aliphatic rings. The van der Waals surface area contributed by atoms with E-state index in [1.54, 1.807) is 0 Å². The lowest BCUT2D eigenvalue weighted by molar-refractivity contribution is -0.384. The Bertz CT molecular complexity index is 775. The van der Waals surface area contributed by atoms with E-state index in [4.69, 9.17) is 23.2 Å². The van der Waals surface area contributed by atoms with Crippen LogP contribution in [0.15, 0.2) is 28.5 Å². The predicted molar refractivity (Wildman–Crippen MR) is 76.0 cm³/mol. The van der Waals surface area contributed by atoms with Gasteiger partial charge in [-0.05, 0) is 12.1 Å². The molecule has 20 heavy (non-hydrogen) atoms. The lowest BCUT2D eigenvalue weighted by Gasteiger charge is -2.04. The molecule has 2 heterocycles. The fourth-order valence-electron chi connectivity index (χ4n) is 1.25. The molecule has 0 aromatic carbocycles. The predicted octanol–water partition coefficient (Wildman–Crippen LogP) is 3.16. The van der Waals surface area contributed by atoms with Crippen LogP contribution in [0.25, 0.3) is 0 Å². The number of hydrogen-bond acceptors (Lipinski definition) is 6. The molecule has 0 bridgehead atoms. The molecule has 0 unspecified atom stereocenters. The molecule has 11 heteroatoms. The lowest BCUT2D eigenvalue weighted by atomic mass is 10.5. The summed E-state index contributed by atoms with van der Waals surface area (Å²) < 4.78 is 25.7. The van der Waals surface area contributed by atoms with Crippen LogP contribution in [0.5, 0.6) is 0 Å². The SMILES string of the molecule is O=[N+]([O-])c1cc(S(=O)(=O)Nc2cccc(Cl)n2)sc1Cl. The van der Waals surface area contributed by atoms with Crippen molar-refractivity contribution in [3.8, 4) is 0 Å². The minimum Gasteiger partial charge on any atom is -0.263 e. The van der Waals surface area contributed by atoms with Gasteiger partial charge in [0.15, 0.2) is 4.34 Å². The average molecular weight is 354 g/mol. The van der Waals surface area contributed by atoms with E-state index in [0.717, 1.165) is 6.07 Å². The number of rotatable bonds is 4. The van der Waals surface area contributed by atoms with E-state index in [9.17, 15) is 18.5 Å². The minimum atomic E-state index is -4.01. The highest BCUT2D eigenvalue weighted by molar-refractivity contribution is 7.94. The zero-order valence-corrected chi connectivity index (χ0v) is 12.6. The molecule has 2 aromatic rings. The highest BCUT2D eigenvalue weighted by Crippen LogP contribution is 2.36. The number of anilines is 1. The number of nitrogens with zero attached hydrogens (tertiary/aromatic N) is 2. The van der Waals surface area contributed by atoms with Crippen LogP contribution in [0.1, 0.15) is 0 Å². The molecule has 0 fully saturated rings. The van der Waals surface area contributed by atoms with Crippen LogP contribution in [-0.2, 0) is 10.0 Å². The lowest BCUT2D eigenvalue weighted by Crippen LogP contribution is -2.12. The second kappa shape index (κ2) is 5.52. The third kappa shape index (κ3) is 3.18. The number of aromatic nitrogens is 1. The highest BCUT2D eigenvalue weighted by Gasteiger charge is 2.25. The van der Waals surface area contributed by atoms with Gasteiger partial charge in [0.2, 0.25) is 0 Å². The maximum Gasteiger partial charge on any atom is 0.300 e. The van der Waals surface area contributed by atoms with Crippen LogP contribution in [0.3, 0.4) is 0 Å². The number of halogens is 2. The first kappa shape index (κ1) is 15.0. The summed E-state index contributed by atoms with van der Waals surface area (Å²) in [6.45, 7) is 0. The Kier molecular flexibility index (Phi) is 4.14. The van der Waals surface area contributed by atoms with E-state index in [-0.39, 0.29) is 19.5 Å². The van der Waals surface area contributed by atoms with Crippen LogP contribution in [0.2, 0.25) is 9.49 Å². The van der Waals surface area contributed by atoms with Crippen molar-refractivity contribution in [2.24, 2.45) is 0 Å². The Balaban J connectivity index is 2.36. The number of hydrogen-bond donors (Lipinski definition) is 1. The van der Waals surface area contributed by atoms with Crippen LogP contribution < -0.4 is 4.72 Å². The largest absolute Gasteiger partial charge is 0.300 e. The molecule has 0 aliphatic carbocycles. The van der Waals surface area contributed by atoms with Gasteiger partial charge in [-0.3, -0.25) is 14.8 Å². The Morgan fingerprint density at radius 2 is 2.05 bits per heavy atom. The van der Waals surface area contributed by atoms with E-state index >= 15 is 0 Å². The van der Waals surface area contributed by atoms with Crippen LogP contribution >= 0.6 is 34.5 Å². The first-order valence-electron chi connectivity index (χ1n) is 4.89. The molecule has 7 nitrogen and oxygen atoms in total. The summed E-state index contributed by atoms with van der Waals surface area (Å²) in [7, 11) is -4.01. The molecule has 2 rings (SSSR count). The molecule has 0 spiro atoms. The third-order valence-electron chi connectivity index (χ3n) is 2.06. The number of thiophene rings is 1. The van der Waals surface area contributed by atoms with E-state index < -0.39 is 20.6 Å². The smallest absolute Gasteiger partial charge is 0.263 e. The number of nitrogens with one attached hydrogen (secondary N) is 1. The van der Waals surface area contributed by atoms with Crippen molar-refractivity contribution in [1.29, 1.82) is 0 Å². The molecular formula is C9H5Cl2N3O4S2. The molecule has 0 aliphatic heterocycles. The molecule has 0 amide bonds. The van der Waals surface area contributed by atoms with Crippen LogP contribution in [-0.4, -0.2) is 18.3 Å². The van der Waals surface area contributed by atoms with E-state index in [2.05, 4.69) is 9.71 Å². The minimum absolute atomic E-state index is 0.00433. The summed E-state index contributed by atoms with van der Waals surface area (Å²) in [5.41, 5.74) is -0.462. The van der Waals surface area contributed by atoms with Gasteiger partial charge < -0.3 is 0 Å². The molecule has 0 atom stereocenters. The van der Waals surface area contributed by atoms with Gasteiger partial charge in [-0.15, -0.1) is 11.3 Å². The monoisotopic (exact) mass is 353 g/mol. The molecule has 0 saturated heterocycles. The summed E-state index contributed by atoms with van der Waals surface area (Å²) in [6, 6.07) is 5.27. The van der Waals surface area contributed by atoms with Crippen LogP contribution in [0.4, 0.5) is 11.5 Å². The van der Waals surface area contributed by atoms with Gasteiger partial charge >= 0.3 is 0 Å². The van der Waals surface area contributed by atoms with Gasteiger partial charge in [0, 0.05) is 6.07 Å². The van der Waals surface area contributed by atoms with Gasteiger partial charge in [-0.25, -0.2) is 13.4 Å². The van der Waals surface area contributed by atoms with Crippen LogP contribution in [0, 0.1) is 10.1 Å². The first-order valence-corrected chi connectivity index (χ1v) is 7.94. The highest BCUT2D eigenvalue weighted by atomic mass is 35.5. The van der Waals surface area contributed by atoms with Crippen molar-refractivity contribution >= 4 is 56.1 Å². The summed E-state index contributed by atoms with van der Waals surface area (Å²) >= 11 is 11.8. The Hall–Kier alpha value is -1.42. The van der Waals surface area contributed by atoms with Crippen molar-refractivity contribution in [2.45, 2.75) is 4.21 Å². The molecule has 106 valence electrons. The number of sulfonamides is 1. The van der Waals surface area contributed by atoms with Crippen molar-refractivity contribution in [3.05, 3.63) is 43.9 Å². The average Bonchev–Trinajstić information content (AvgIpc) is 2.71. The Morgan fingerprint density at radius 3 is 2.60 bits per heavy atom. The molecule has 0 radical (unpaired) electrons. The van der Waals surface area contributed by atoms with Crippen molar-refractivity contribution < 1.29 is 13.3 Å². The summed E-state index contributed by atoms with van der Waals surface area (Å²) in [6.07, 6.45) is 0. The Labute approximate surface area is 127 Å².